The molecule has 2 rings (SSSR count). The lowest BCUT2D eigenvalue weighted by atomic mass is 10.1. The van der Waals surface area contributed by atoms with E-state index < -0.39 is 0 Å². The molecule has 0 aromatic carbocycles. The number of hydrogen-bond donors (Lipinski definition) is 1. The number of hydrogen-bond acceptors (Lipinski definition) is 3. The summed E-state index contributed by atoms with van der Waals surface area (Å²) in [5.41, 5.74) is 0.175. The normalized spacial score (nSPS) is 23.5. The molecular formula is C13H21N3O2. The number of nitrogens with one attached hydrogen (secondary N) is 1. The van der Waals surface area contributed by atoms with E-state index in [1.807, 2.05) is 0 Å². The van der Waals surface area contributed by atoms with Crippen LogP contribution in [0.2, 0.25) is 0 Å². The van der Waals surface area contributed by atoms with Crippen molar-refractivity contribution in [3.8, 4) is 0 Å². The molecule has 1 fully saturated rings. The van der Waals surface area contributed by atoms with Crippen LogP contribution in [0, 0.1) is 5.92 Å². The van der Waals surface area contributed by atoms with Crippen molar-refractivity contribution in [1.29, 1.82) is 0 Å². The van der Waals surface area contributed by atoms with E-state index in [-0.39, 0.29) is 11.2 Å². The lowest BCUT2D eigenvalue weighted by molar-refractivity contribution is 0.496. The summed E-state index contributed by atoms with van der Waals surface area (Å²) >= 11 is 0. The molecule has 2 atom stereocenters. The largest absolute Gasteiger partial charge is 0.330 e. The third kappa shape index (κ3) is 2.56. The summed E-state index contributed by atoms with van der Waals surface area (Å²) < 4.78 is 2.62. The molecular weight excluding hydrogens is 230 g/mol. The number of aryl methyl sites for hydroxylation is 1. The molecule has 5 nitrogen and oxygen atoms in total. The van der Waals surface area contributed by atoms with Crippen LogP contribution in [0.5, 0.6) is 0 Å². The Morgan fingerprint density at radius 2 is 2.06 bits per heavy atom. The van der Waals surface area contributed by atoms with Crippen molar-refractivity contribution < 1.29 is 0 Å². The zero-order valence-corrected chi connectivity index (χ0v) is 11.3. The molecule has 1 N–H and O–H groups in total. The Labute approximate surface area is 106 Å². The van der Waals surface area contributed by atoms with Crippen molar-refractivity contribution in [3.05, 3.63) is 32.6 Å². The Bertz CT molecular complexity index is 544. The maximum Gasteiger partial charge on any atom is 0.330 e. The van der Waals surface area contributed by atoms with Crippen LogP contribution < -0.4 is 16.6 Å². The zero-order valence-electron chi connectivity index (χ0n) is 11.3. The smallest absolute Gasteiger partial charge is 0.310 e. The summed E-state index contributed by atoms with van der Waals surface area (Å²) in [6, 6.07) is 0.502. The molecule has 1 saturated carbocycles. The molecule has 0 amide bonds. The molecule has 1 heterocycles. The molecule has 18 heavy (non-hydrogen) atoms. The fraction of sp³-hybridized carbons (Fsp3) is 0.692. The highest BCUT2D eigenvalue weighted by molar-refractivity contribution is 5.05. The first-order valence-corrected chi connectivity index (χ1v) is 6.48. The first-order chi connectivity index (χ1) is 8.49. The van der Waals surface area contributed by atoms with Crippen molar-refractivity contribution in [2.75, 3.05) is 0 Å². The van der Waals surface area contributed by atoms with Gasteiger partial charge in [0, 0.05) is 38.4 Å². The number of nitrogens with zero attached hydrogens (tertiary/aromatic N) is 2. The second kappa shape index (κ2) is 5.10. The predicted octanol–water partition coefficient (Wildman–Crippen LogP) is 0.362. The molecule has 5 heteroatoms. The summed E-state index contributed by atoms with van der Waals surface area (Å²) in [5.74, 6) is 0.769. The van der Waals surface area contributed by atoms with Gasteiger partial charge in [-0.25, -0.2) is 4.79 Å². The fourth-order valence-corrected chi connectivity index (χ4v) is 2.65. The van der Waals surface area contributed by atoms with Crippen molar-refractivity contribution in [2.24, 2.45) is 20.0 Å². The van der Waals surface area contributed by atoms with E-state index in [1.165, 1.54) is 30.9 Å². The van der Waals surface area contributed by atoms with Crippen LogP contribution in [0.15, 0.2) is 15.8 Å². The maximum atomic E-state index is 11.9. The predicted molar refractivity (Wildman–Crippen MR) is 70.6 cm³/mol. The molecule has 0 saturated heterocycles. The number of rotatable bonds is 3. The van der Waals surface area contributed by atoms with E-state index in [4.69, 9.17) is 0 Å². The second-order valence-electron chi connectivity index (χ2n) is 5.41. The van der Waals surface area contributed by atoms with Crippen LogP contribution in [0.3, 0.4) is 0 Å². The van der Waals surface area contributed by atoms with E-state index in [0.29, 0.717) is 18.2 Å². The van der Waals surface area contributed by atoms with Gasteiger partial charge in [0.2, 0.25) is 0 Å². The molecule has 1 aromatic heterocycles. The lowest BCUT2D eigenvalue weighted by Gasteiger charge is -2.13. The Morgan fingerprint density at radius 3 is 2.67 bits per heavy atom. The Hall–Kier alpha value is -1.36. The van der Waals surface area contributed by atoms with E-state index in [2.05, 4.69) is 12.2 Å². The van der Waals surface area contributed by atoms with Gasteiger partial charge < -0.3 is 9.88 Å². The molecule has 2 unspecified atom stereocenters. The van der Waals surface area contributed by atoms with Gasteiger partial charge >= 0.3 is 5.69 Å². The van der Waals surface area contributed by atoms with Crippen molar-refractivity contribution >= 4 is 0 Å². The van der Waals surface area contributed by atoms with Gasteiger partial charge in [-0.2, -0.15) is 0 Å². The molecule has 1 aliphatic carbocycles. The van der Waals surface area contributed by atoms with Gasteiger partial charge in [-0.15, -0.1) is 0 Å². The minimum absolute atomic E-state index is 0.198. The Balaban J connectivity index is 2.11. The third-order valence-electron chi connectivity index (χ3n) is 3.79. The fourth-order valence-electron chi connectivity index (χ4n) is 2.65. The van der Waals surface area contributed by atoms with E-state index in [9.17, 15) is 9.59 Å². The van der Waals surface area contributed by atoms with Gasteiger partial charge in [0.15, 0.2) is 0 Å². The number of aromatic nitrogens is 2. The van der Waals surface area contributed by atoms with Crippen LogP contribution in [0.4, 0.5) is 0 Å². The van der Waals surface area contributed by atoms with E-state index in [1.54, 1.807) is 13.2 Å². The van der Waals surface area contributed by atoms with Gasteiger partial charge in [-0.1, -0.05) is 6.92 Å². The van der Waals surface area contributed by atoms with Gasteiger partial charge in [0.05, 0.1) is 0 Å². The highest BCUT2D eigenvalue weighted by Crippen LogP contribution is 2.24. The standard InChI is InChI=1S/C13H21N3O2/c1-9-4-5-11(6-9)14-7-10-8-15(2)13(18)16(3)12(10)17/h8-9,11,14H,4-7H2,1-3H3. The van der Waals surface area contributed by atoms with Gasteiger partial charge in [0.1, 0.15) is 0 Å². The maximum absolute atomic E-state index is 11.9. The summed E-state index contributed by atoms with van der Waals surface area (Å²) in [5, 5.41) is 3.41. The monoisotopic (exact) mass is 251 g/mol. The molecule has 0 spiro atoms. The van der Waals surface area contributed by atoms with Gasteiger partial charge in [-0.3, -0.25) is 9.36 Å². The summed E-state index contributed by atoms with van der Waals surface area (Å²) in [7, 11) is 3.19. The van der Waals surface area contributed by atoms with Gasteiger partial charge in [-0.05, 0) is 25.2 Å². The molecule has 0 aliphatic heterocycles. The minimum atomic E-state index is -0.279. The van der Waals surface area contributed by atoms with Gasteiger partial charge in [0.25, 0.3) is 5.56 Å². The lowest BCUT2D eigenvalue weighted by Crippen LogP contribution is -2.40. The molecule has 1 aliphatic rings. The van der Waals surface area contributed by atoms with Crippen LogP contribution in [-0.2, 0) is 20.6 Å². The second-order valence-corrected chi connectivity index (χ2v) is 5.41. The average Bonchev–Trinajstić information content (AvgIpc) is 2.75. The van der Waals surface area contributed by atoms with Crippen LogP contribution in [0.25, 0.3) is 0 Å². The Kier molecular flexibility index (Phi) is 3.71. The molecule has 1 aromatic rings. The summed E-state index contributed by atoms with van der Waals surface area (Å²) in [4.78, 5) is 23.5. The average molecular weight is 251 g/mol. The first kappa shape index (κ1) is 13.1. The topological polar surface area (TPSA) is 56.0 Å². The highest BCUT2D eigenvalue weighted by Gasteiger charge is 2.21. The van der Waals surface area contributed by atoms with Crippen molar-refractivity contribution in [1.82, 2.24) is 14.5 Å². The summed E-state index contributed by atoms with van der Waals surface area (Å²) in [6.45, 7) is 2.80. The van der Waals surface area contributed by atoms with E-state index in [0.717, 1.165) is 10.5 Å². The van der Waals surface area contributed by atoms with Crippen LogP contribution >= 0.6 is 0 Å². The SMILES string of the molecule is CC1CCC(NCc2cn(C)c(=O)n(C)c2=O)C1. The first-order valence-electron chi connectivity index (χ1n) is 6.48. The Morgan fingerprint density at radius 1 is 1.33 bits per heavy atom. The zero-order chi connectivity index (χ0) is 13.3. The van der Waals surface area contributed by atoms with Crippen LogP contribution in [0.1, 0.15) is 31.7 Å². The highest BCUT2D eigenvalue weighted by atomic mass is 16.2. The van der Waals surface area contributed by atoms with Crippen molar-refractivity contribution in [3.63, 3.8) is 0 Å². The quantitative estimate of drug-likeness (QED) is 0.844. The summed E-state index contributed by atoms with van der Waals surface area (Å²) in [6.07, 6.45) is 5.23. The minimum Gasteiger partial charge on any atom is -0.310 e. The van der Waals surface area contributed by atoms with E-state index >= 15 is 0 Å². The molecule has 100 valence electrons. The molecule has 0 bridgehead atoms. The molecule has 0 radical (unpaired) electrons. The van der Waals surface area contributed by atoms with Crippen molar-refractivity contribution in [2.45, 2.75) is 38.8 Å². The van der Waals surface area contributed by atoms with Crippen LogP contribution in [-0.4, -0.2) is 15.2 Å². The third-order valence-corrected chi connectivity index (χ3v) is 3.79.